The number of likely N-dealkylation sites (tertiary alicyclic amines) is 1. The van der Waals surface area contributed by atoms with Crippen LogP contribution in [-0.2, 0) is 11.3 Å². The molecule has 19 heavy (non-hydrogen) atoms. The number of ketones is 1. The number of nitrogens with zero attached hydrogens (tertiary/aromatic N) is 3. The van der Waals surface area contributed by atoms with Gasteiger partial charge < -0.3 is 0 Å². The highest BCUT2D eigenvalue weighted by atomic mass is 16.1. The van der Waals surface area contributed by atoms with Crippen LogP contribution in [0.15, 0.2) is 18.5 Å². The van der Waals surface area contributed by atoms with Gasteiger partial charge in [-0.3, -0.25) is 9.69 Å². The minimum Gasteiger partial charge on any atom is -0.299 e. The average molecular weight is 259 g/mol. The lowest BCUT2D eigenvalue weighted by atomic mass is 9.88. The zero-order valence-corrected chi connectivity index (χ0v) is 11.3. The Morgan fingerprint density at radius 1 is 1.16 bits per heavy atom. The lowest BCUT2D eigenvalue weighted by molar-refractivity contribution is -0.123. The third-order valence-corrected chi connectivity index (χ3v) is 4.44. The van der Waals surface area contributed by atoms with Crippen LogP contribution in [0.2, 0.25) is 0 Å². The van der Waals surface area contributed by atoms with Crippen molar-refractivity contribution in [1.82, 2.24) is 14.9 Å². The molecular weight excluding hydrogens is 238 g/mol. The number of piperidine rings is 1. The molecule has 4 heteroatoms. The van der Waals surface area contributed by atoms with Crippen molar-refractivity contribution in [3.05, 3.63) is 24.3 Å². The molecule has 0 amide bonds. The molecular formula is C15H21N3O. The van der Waals surface area contributed by atoms with E-state index in [1.54, 1.807) is 12.4 Å². The molecule has 1 aromatic rings. The maximum absolute atomic E-state index is 12.0. The summed E-state index contributed by atoms with van der Waals surface area (Å²) in [6.45, 7) is 1.86. The molecule has 2 aliphatic rings. The molecule has 1 aromatic heterocycles. The van der Waals surface area contributed by atoms with E-state index in [4.69, 9.17) is 0 Å². The molecule has 0 spiro atoms. The minimum absolute atomic E-state index is 0.268. The van der Waals surface area contributed by atoms with Crippen molar-refractivity contribution in [2.24, 2.45) is 5.92 Å². The first-order chi connectivity index (χ1) is 9.34. The van der Waals surface area contributed by atoms with E-state index in [2.05, 4.69) is 14.9 Å². The normalized spacial score (nSPS) is 28.7. The van der Waals surface area contributed by atoms with Crippen LogP contribution >= 0.6 is 0 Å². The number of hydrogen-bond donors (Lipinski definition) is 0. The van der Waals surface area contributed by atoms with E-state index < -0.39 is 0 Å². The average Bonchev–Trinajstić information content (AvgIpc) is 2.87. The minimum atomic E-state index is 0.268. The molecule has 2 atom stereocenters. The molecule has 2 fully saturated rings. The zero-order valence-electron chi connectivity index (χ0n) is 11.3. The van der Waals surface area contributed by atoms with E-state index in [1.807, 2.05) is 6.07 Å². The van der Waals surface area contributed by atoms with Gasteiger partial charge in [-0.2, -0.15) is 0 Å². The molecule has 102 valence electrons. The van der Waals surface area contributed by atoms with Crippen molar-refractivity contribution in [3.8, 4) is 0 Å². The Morgan fingerprint density at radius 2 is 2.00 bits per heavy atom. The molecule has 1 saturated carbocycles. The second kappa shape index (κ2) is 5.78. The highest BCUT2D eigenvalue weighted by Gasteiger charge is 2.36. The van der Waals surface area contributed by atoms with Gasteiger partial charge in [-0.1, -0.05) is 6.42 Å². The van der Waals surface area contributed by atoms with Gasteiger partial charge in [0.05, 0.1) is 6.54 Å². The number of rotatable bonds is 3. The van der Waals surface area contributed by atoms with Crippen molar-refractivity contribution in [2.75, 3.05) is 6.54 Å². The van der Waals surface area contributed by atoms with Gasteiger partial charge in [0.2, 0.25) is 0 Å². The molecule has 2 unspecified atom stereocenters. The fourth-order valence-electron chi connectivity index (χ4n) is 3.51. The van der Waals surface area contributed by atoms with E-state index in [0.29, 0.717) is 11.8 Å². The third-order valence-electron chi connectivity index (χ3n) is 4.44. The Balaban J connectivity index is 1.72. The molecule has 0 bridgehead atoms. The van der Waals surface area contributed by atoms with Gasteiger partial charge in [0, 0.05) is 30.8 Å². The number of hydrogen-bond acceptors (Lipinski definition) is 4. The van der Waals surface area contributed by atoms with E-state index in [-0.39, 0.29) is 5.92 Å². The summed E-state index contributed by atoms with van der Waals surface area (Å²) in [7, 11) is 0. The van der Waals surface area contributed by atoms with E-state index in [1.165, 1.54) is 12.8 Å². The predicted molar refractivity (Wildman–Crippen MR) is 72.4 cm³/mol. The Kier molecular flexibility index (Phi) is 3.87. The van der Waals surface area contributed by atoms with Crippen molar-refractivity contribution in [1.29, 1.82) is 0 Å². The van der Waals surface area contributed by atoms with Crippen molar-refractivity contribution < 1.29 is 4.79 Å². The Bertz CT molecular complexity index is 434. The Morgan fingerprint density at radius 3 is 2.74 bits per heavy atom. The van der Waals surface area contributed by atoms with Gasteiger partial charge in [-0.05, 0) is 38.3 Å². The van der Waals surface area contributed by atoms with Crippen molar-refractivity contribution >= 4 is 5.78 Å². The summed E-state index contributed by atoms with van der Waals surface area (Å²) >= 11 is 0. The van der Waals surface area contributed by atoms with Crippen LogP contribution in [-0.4, -0.2) is 33.2 Å². The maximum Gasteiger partial charge on any atom is 0.142 e. The summed E-state index contributed by atoms with van der Waals surface area (Å²) in [5.41, 5.74) is 0. The lowest BCUT2D eigenvalue weighted by Gasteiger charge is -2.38. The van der Waals surface area contributed by atoms with Crippen LogP contribution in [0.5, 0.6) is 0 Å². The Hall–Kier alpha value is -1.29. The number of Topliss-reactive ketones (excluding diaryl/α,β-unsaturated/α-hetero) is 1. The fraction of sp³-hybridized carbons (Fsp3) is 0.667. The Labute approximate surface area is 114 Å². The molecule has 1 saturated heterocycles. The standard InChI is InChI=1S/C15H21N3O/c19-14-7-3-5-12(14)13-6-1-2-10-18(13)11-15-16-8-4-9-17-15/h4,8-9,12-13H,1-3,5-7,10-11H2. The van der Waals surface area contributed by atoms with E-state index in [0.717, 1.165) is 44.6 Å². The molecule has 2 heterocycles. The van der Waals surface area contributed by atoms with Gasteiger partial charge in [-0.25, -0.2) is 9.97 Å². The highest BCUT2D eigenvalue weighted by molar-refractivity contribution is 5.83. The monoisotopic (exact) mass is 259 g/mol. The number of aromatic nitrogens is 2. The molecule has 3 rings (SSSR count). The molecule has 1 aliphatic heterocycles. The van der Waals surface area contributed by atoms with Crippen LogP contribution < -0.4 is 0 Å². The second-order valence-electron chi connectivity index (χ2n) is 5.66. The van der Waals surface area contributed by atoms with Crippen LogP contribution in [0.4, 0.5) is 0 Å². The third kappa shape index (κ3) is 2.84. The van der Waals surface area contributed by atoms with Crippen LogP contribution in [0.25, 0.3) is 0 Å². The molecule has 1 aliphatic carbocycles. The van der Waals surface area contributed by atoms with Gasteiger partial charge in [0.25, 0.3) is 0 Å². The van der Waals surface area contributed by atoms with Gasteiger partial charge in [0.15, 0.2) is 0 Å². The van der Waals surface area contributed by atoms with Crippen molar-refractivity contribution in [3.63, 3.8) is 0 Å². The van der Waals surface area contributed by atoms with Gasteiger partial charge in [-0.15, -0.1) is 0 Å². The summed E-state index contributed by atoms with van der Waals surface area (Å²) in [6, 6.07) is 2.27. The SMILES string of the molecule is O=C1CCCC1C1CCCCN1Cc1ncccn1. The van der Waals surface area contributed by atoms with Crippen LogP contribution in [0.3, 0.4) is 0 Å². The fourth-order valence-corrected chi connectivity index (χ4v) is 3.51. The molecule has 0 aromatic carbocycles. The largest absolute Gasteiger partial charge is 0.299 e. The predicted octanol–water partition coefficient (Wildman–Crippen LogP) is 2.20. The molecule has 0 N–H and O–H groups in total. The van der Waals surface area contributed by atoms with Crippen molar-refractivity contribution in [2.45, 2.75) is 51.1 Å². The quantitative estimate of drug-likeness (QED) is 0.835. The summed E-state index contributed by atoms with van der Waals surface area (Å²) in [4.78, 5) is 23.1. The highest BCUT2D eigenvalue weighted by Crippen LogP contribution is 2.33. The summed E-state index contributed by atoms with van der Waals surface area (Å²) in [5, 5.41) is 0. The summed E-state index contributed by atoms with van der Waals surface area (Å²) in [5.74, 6) is 1.62. The molecule has 0 radical (unpaired) electrons. The van der Waals surface area contributed by atoms with Crippen LogP contribution in [0.1, 0.15) is 44.3 Å². The number of carbonyl (C=O) groups excluding carboxylic acids is 1. The lowest BCUT2D eigenvalue weighted by Crippen LogP contribution is -2.45. The first-order valence-electron chi connectivity index (χ1n) is 7.37. The zero-order chi connectivity index (χ0) is 13.1. The first kappa shape index (κ1) is 12.7. The summed E-state index contributed by atoms with van der Waals surface area (Å²) < 4.78 is 0. The topological polar surface area (TPSA) is 46.1 Å². The second-order valence-corrected chi connectivity index (χ2v) is 5.66. The first-order valence-corrected chi connectivity index (χ1v) is 7.37. The smallest absolute Gasteiger partial charge is 0.142 e. The summed E-state index contributed by atoms with van der Waals surface area (Å²) in [6.07, 6.45) is 10.2. The molecule has 4 nitrogen and oxygen atoms in total. The van der Waals surface area contributed by atoms with E-state index >= 15 is 0 Å². The number of carbonyl (C=O) groups is 1. The van der Waals surface area contributed by atoms with E-state index in [9.17, 15) is 4.79 Å². The van der Waals surface area contributed by atoms with Gasteiger partial charge >= 0.3 is 0 Å². The van der Waals surface area contributed by atoms with Gasteiger partial charge in [0.1, 0.15) is 11.6 Å². The van der Waals surface area contributed by atoms with Crippen LogP contribution in [0, 0.1) is 5.92 Å². The maximum atomic E-state index is 12.0.